The molecule has 2 aromatic carbocycles. The van der Waals surface area contributed by atoms with E-state index in [-0.39, 0.29) is 12.7 Å². The molecular weight excluding hydrogens is 404 g/mol. The van der Waals surface area contributed by atoms with Crippen molar-refractivity contribution in [2.75, 3.05) is 37.9 Å². The maximum absolute atomic E-state index is 12.6. The number of benzene rings is 2. The number of nitrogens with zero attached hydrogens (tertiary/aromatic N) is 4. The fourth-order valence-corrected chi connectivity index (χ4v) is 3.94. The topological polar surface area (TPSA) is 67.8 Å². The second kappa shape index (κ2) is 8.70. The summed E-state index contributed by atoms with van der Waals surface area (Å²) in [7, 11) is 0. The second-order valence-corrected chi connectivity index (χ2v) is 7.85. The number of hydrogen-bond donors (Lipinski definition) is 0. The molecule has 0 atom stereocenters. The summed E-state index contributed by atoms with van der Waals surface area (Å²) < 4.78 is 10.7. The molecule has 0 N–H and O–H groups in total. The van der Waals surface area contributed by atoms with Crippen molar-refractivity contribution < 1.29 is 14.3 Å². The smallest absolute Gasteiger partial charge is 0.246 e. The summed E-state index contributed by atoms with van der Waals surface area (Å²) in [5.41, 5.74) is 4.05. The number of rotatable bonds is 4. The van der Waals surface area contributed by atoms with Crippen LogP contribution in [0.1, 0.15) is 11.1 Å². The lowest BCUT2D eigenvalue weighted by Crippen LogP contribution is -2.48. The van der Waals surface area contributed by atoms with Crippen LogP contribution in [0.15, 0.2) is 60.7 Å². The Morgan fingerprint density at radius 1 is 0.938 bits per heavy atom. The molecule has 1 amide bonds. The van der Waals surface area contributed by atoms with Crippen molar-refractivity contribution in [2.45, 2.75) is 6.92 Å². The number of piperazine rings is 1. The molecule has 2 aliphatic heterocycles. The first-order valence-electron chi connectivity index (χ1n) is 10.7. The molecule has 1 saturated heterocycles. The Balaban J connectivity index is 1.18. The monoisotopic (exact) mass is 428 g/mol. The van der Waals surface area contributed by atoms with Gasteiger partial charge in [0.1, 0.15) is 0 Å². The van der Waals surface area contributed by atoms with Gasteiger partial charge in [0.25, 0.3) is 0 Å². The number of carbonyl (C=O) groups excluding carboxylic acids is 1. The highest BCUT2D eigenvalue weighted by molar-refractivity contribution is 5.92. The van der Waals surface area contributed by atoms with Crippen LogP contribution in [-0.4, -0.2) is 54.0 Å². The molecule has 0 unspecified atom stereocenters. The second-order valence-electron chi connectivity index (χ2n) is 7.85. The van der Waals surface area contributed by atoms with E-state index in [1.54, 1.807) is 6.08 Å². The lowest BCUT2D eigenvalue weighted by Gasteiger charge is -2.34. The van der Waals surface area contributed by atoms with Crippen molar-refractivity contribution in [2.24, 2.45) is 0 Å². The highest BCUT2D eigenvalue weighted by Gasteiger charge is 2.21. The van der Waals surface area contributed by atoms with Gasteiger partial charge in [-0.2, -0.15) is 0 Å². The first-order valence-corrected chi connectivity index (χ1v) is 10.7. The molecule has 7 heteroatoms. The molecule has 2 aliphatic rings. The first kappa shape index (κ1) is 20.1. The Hall–Kier alpha value is -3.87. The molecule has 0 radical (unpaired) electrons. The molecule has 32 heavy (non-hydrogen) atoms. The Bertz CT molecular complexity index is 1150. The zero-order valence-electron chi connectivity index (χ0n) is 17.9. The largest absolute Gasteiger partial charge is 0.454 e. The van der Waals surface area contributed by atoms with Gasteiger partial charge in [-0.25, -0.2) is 0 Å². The summed E-state index contributed by atoms with van der Waals surface area (Å²) in [6.45, 7) is 5.05. The Labute approximate surface area is 186 Å². The highest BCUT2D eigenvalue weighted by Crippen LogP contribution is 2.32. The lowest BCUT2D eigenvalue weighted by atomic mass is 10.1. The molecule has 0 bridgehead atoms. The standard InChI is InChI=1S/C25H24N4O3/c1-18-4-2-3-5-20(18)21-8-10-24(27-26-21)28-12-14-29(15-13-28)25(30)11-7-19-6-9-22-23(16-19)32-17-31-22/h2-11,16H,12-15,17H2,1H3/b11-7+. The molecule has 1 aromatic heterocycles. The molecule has 1 fully saturated rings. The number of amides is 1. The van der Waals surface area contributed by atoms with Crippen LogP contribution < -0.4 is 14.4 Å². The molecule has 0 saturated carbocycles. The molecule has 3 aromatic rings. The van der Waals surface area contributed by atoms with Crippen molar-refractivity contribution in [3.8, 4) is 22.8 Å². The van der Waals surface area contributed by atoms with Crippen LogP contribution in [0.5, 0.6) is 11.5 Å². The van der Waals surface area contributed by atoms with Gasteiger partial charge >= 0.3 is 0 Å². The summed E-state index contributed by atoms with van der Waals surface area (Å²) in [6, 6.07) is 17.8. The van der Waals surface area contributed by atoms with E-state index in [4.69, 9.17) is 9.47 Å². The molecule has 0 spiro atoms. The van der Waals surface area contributed by atoms with Gasteiger partial charge in [-0.15, -0.1) is 10.2 Å². The van der Waals surface area contributed by atoms with Crippen LogP contribution in [0, 0.1) is 6.92 Å². The highest BCUT2D eigenvalue weighted by atomic mass is 16.7. The predicted octanol–water partition coefficient (Wildman–Crippen LogP) is 3.54. The maximum atomic E-state index is 12.6. The number of hydrogen-bond acceptors (Lipinski definition) is 6. The molecule has 0 aliphatic carbocycles. The fraction of sp³-hybridized carbons (Fsp3) is 0.240. The van der Waals surface area contributed by atoms with Crippen molar-refractivity contribution in [1.82, 2.24) is 15.1 Å². The van der Waals surface area contributed by atoms with Gasteiger partial charge in [0, 0.05) is 37.8 Å². The van der Waals surface area contributed by atoms with Crippen LogP contribution in [0.25, 0.3) is 17.3 Å². The minimum atomic E-state index is 0.00306. The summed E-state index contributed by atoms with van der Waals surface area (Å²) in [5, 5.41) is 8.85. The third-order valence-electron chi connectivity index (χ3n) is 5.80. The van der Waals surface area contributed by atoms with Gasteiger partial charge in [-0.1, -0.05) is 30.3 Å². The number of carbonyl (C=O) groups is 1. The van der Waals surface area contributed by atoms with Crippen LogP contribution in [-0.2, 0) is 4.79 Å². The van der Waals surface area contributed by atoms with E-state index in [1.165, 1.54) is 5.56 Å². The van der Waals surface area contributed by atoms with Gasteiger partial charge in [-0.05, 0) is 48.4 Å². The summed E-state index contributed by atoms with van der Waals surface area (Å²) >= 11 is 0. The van der Waals surface area contributed by atoms with Gasteiger partial charge in [-0.3, -0.25) is 4.79 Å². The van der Waals surface area contributed by atoms with E-state index < -0.39 is 0 Å². The zero-order chi connectivity index (χ0) is 21.9. The van der Waals surface area contributed by atoms with E-state index in [2.05, 4.69) is 34.2 Å². The van der Waals surface area contributed by atoms with Crippen LogP contribution in [0.4, 0.5) is 5.82 Å². The van der Waals surface area contributed by atoms with E-state index in [0.29, 0.717) is 18.8 Å². The molecule has 162 valence electrons. The minimum absolute atomic E-state index is 0.00306. The Morgan fingerprint density at radius 3 is 2.53 bits per heavy atom. The average Bonchev–Trinajstić information content (AvgIpc) is 3.31. The van der Waals surface area contributed by atoms with Gasteiger partial charge in [0.2, 0.25) is 12.7 Å². The van der Waals surface area contributed by atoms with Gasteiger partial charge in [0.15, 0.2) is 17.3 Å². The first-order chi connectivity index (χ1) is 15.7. The van der Waals surface area contributed by atoms with Crippen LogP contribution in [0.3, 0.4) is 0 Å². The van der Waals surface area contributed by atoms with Crippen LogP contribution in [0.2, 0.25) is 0 Å². The Kier molecular flexibility index (Phi) is 5.46. The third kappa shape index (κ3) is 4.14. The quantitative estimate of drug-likeness (QED) is 0.592. The van der Waals surface area contributed by atoms with Crippen molar-refractivity contribution in [3.63, 3.8) is 0 Å². The van der Waals surface area contributed by atoms with Gasteiger partial charge in [0.05, 0.1) is 5.69 Å². The lowest BCUT2D eigenvalue weighted by molar-refractivity contribution is -0.126. The summed E-state index contributed by atoms with van der Waals surface area (Å²) in [5.74, 6) is 2.29. The third-order valence-corrected chi connectivity index (χ3v) is 5.80. The average molecular weight is 428 g/mol. The number of anilines is 1. The number of fused-ring (bicyclic) bond motifs is 1. The van der Waals surface area contributed by atoms with E-state index in [9.17, 15) is 4.79 Å². The zero-order valence-corrected chi connectivity index (χ0v) is 17.9. The predicted molar refractivity (Wildman–Crippen MR) is 123 cm³/mol. The summed E-state index contributed by atoms with van der Waals surface area (Å²) in [6.07, 6.45) is 3.43. The number of aromatic nitrogens is 2. The maximum Gasteiger partial charge on any atom is 0.246 e. The fourth-order valence-electron chi connectivity index (χ4n) is 3.94. The molecule has 3 heterocycles. The number of ether oxygens (including phenoxy) is 2. The SMILES string of the molecule is Cc1ccccc1-c1ccc(N2CCN(C(=O)/C=C/c3ccc4c(c3)OCO4)CC2)nn1. The minimum Gasteiger partial charge on any atom is -0.454 e. The Morgan fingerprint density at radius 2 is 1.75 bits per heavy atom. The summed E-state index contributed by atoms with van der Waals surface area (Å²) in [4.78, 5) is 16.6. The van der Waals surface area contributed by atoms with Gasteiger partial charge < -0.3 is 19.3 Å². The number of aryl methyl sites for hydroxylation is 1. The molecular formula is C25H24N4O3. The molecule has 7 nitrogen and oxygen atoms in total. The van der Waals surface area contributed by atoms with Crippen molar-refractivity contribution in [1.29, 1.82) is 0 Å². The van der Waals surface area contributed by atoms with E-state index in [1.807, 2.05) is 53.4 Å². The normalized spacial score (nSPS) is 15.4. The van der Waals surface area contributed by atoms with Crippen LogP contribution >= 0.6 is 0 Å². The van der Waals surface area contributed by atoms with Crippen molar-refractivity contribution in [3.05, 3.63) is 71.8 Å². The van der Waals surface area contributed by atoms with E-state index in [0.717, 1.165) is 41.5 Å². The van der Waals surface area contributed by atoms with E-state index >= 15 is 0 Å². The van der Waals surface area contributed by atoms with Crippen molar-refractivity contribution >= 4 is 17.8 Å². The molecule has 5 rings (SSSR count).